The predicted octanol–water partition coefficient (Wildman–Crippen LogP) is 0.810. The maximum Gasteiger partial charge on any atom is 0.288 e. The zero-order valence-corrected chi connectivity index (χ0v) is 7.60. The Balaban J connectivity index is 3.23. The van der Waals surface area contributed by atoms with Crippen LogP contribution in [0.1, 0.15) is 11.1 Å². The van der Waals surface area contributed by atoms with Crippen molar-refractivity contribution < 1.29 is 10.0 Å². The normalized spacial score (nSPS) is 8.53. The van der Waals surface area contributed by atoms with Crippen molar-refractivity contribution in [3.05, 3.63) is 39.4 Å². The molecule has 0 amide bonds. The first-order valence-corrected chi connectivity index (χ1v) is 3.97. The molecule has 1 N–H and O–H groups in total. The van der Waals surface area contributed by atoms with Gasteiger partial charge < -0.3 is 5.11 Å². The Kier molecular flexibility index (Phi) is 3.39. The van der Waals surface area contributed by atoms with E-state index >= 15 is 0 Å². The first-order valence-electron chi connectivity index (χ1n) is 3.97. The minimum atomic E-state index is -0.636. The van der Waals surface area contributed by atoms with E-state index in [1.807, 2.05) is 0 Å². The lowest BCUT2D eigenvalue weighted by molar-refractivity contribution is -0.385. The molecule has 0 aliphatic rings. The molecule has 0 aromatic heterocycles. The highest BCUT2D eigenvalue weighted by atomic mass is 16.6. The van der Waals surface area contributed by atoms with Crippen molar-refractivity contribution in [3.63, 3.8) is 0 Å². The first-order chi connectivity index (χ1) is 7.19. The van der Waals surface area contributed by atoms with Crippen molar-refractivity contribution in [1.82, 2.24) is 0 Å². The van der Waals surface area contributed by atoms with Gasteiger partial charge in [0.15, 0.2) is 0 Å². The fraction of sp³-hybridized carbons (Fsp3) is 0.100. The van der Waals surface area contributed by atoms with E-state index in [4.69, 9.17) is 10.4 Å². The highest BCUT2D eigenvalue weighted by Crippen LogP contribution is 2.18. The molecule has 0 unspecified atom stereocenters. The average molecular weight is 202 g/mol. The third kappa shape index (κ3) is 2.53. The number of hydrogen-bond acceptors (Lipinski definition) is 4. The molecule has 74 valence electrons. The van der Waals surface area contributed by atoms with E-state index in [9.17, 15) is 10.1 Å². The van der Waals surface area contributed by atoms with Crippen molar-refractivity contribution in [2.24, 2.45) is 0 Å². The molecular weight excluding hydrogens is 196 g/mol. The molecule has 0 heterocycles. The van der Waals surface area contributed by atoms with Crippen molar-refractivity contribution in [2.75, 3.05) is 6.61 Å². The maximum atomic E-state index is 10.6. The molecule has 0 aliphatic carbocycles. The number of rotatable bonds is 1. The highest BCUT2D eigenvalue weighted by molar-refractivity contribution is 5.53. The van der Waals surface area contributed by atoms with E-state index in [2.05, 4.69) is 11.8 Å². The lowest BCUT2D eigenvalue weighted by atomic mass is 10.1. The molecule has 0 aliphatic heterocycles. The molecule has 15 heavy (non-hydrogen) atoms. The maximum absolute atomic E-state index is 10.6. The van der Waals surface area contributed by atoms with E-state index in [1.54, 1.807) is 6.07 Å². The fourth-order valence-corrected chi connectivity index (χ4v) is 0.997. The van der Waals surface area contributed by atoms with Gasteiger partial charge in [-0.05, 0) is 12.1 Å². The van der Waals surface area contributed by atoms with Gasteiger partial charge in [0.25, 0.3) is 5.69 Å². The Bertz CT molecular complexity index is 492. The van der Waals surface area contributed by atoms with Gasteiger partial charge in [0.05, 0.1) is 4.92 Å². The van der Waals surface area contributed by atoms with Gasteiger partial charge in [-0.25, -0.2) is 0 Å². The van der Waals surface area contributed by atoms with E-state index < -0.39 is 4.92 Å². The van der Waals surface area contributed by atoms with E-state index in [1.165, 1.54) is 18.2 Å². The van der Waals surface area contributed by atoms with Crippen LogP contribution in [-0.2, 0) is 0 Å². The van der Waals surface area contributed by atoms with Gasteiger partial charge in [-0.1, -0.05) is 11.8 Å². The zero-order valence-electron chi connectivity index (χ0n) is 7.60. The molecule has 5 nitrogen and oxygen atoms in total. The summed E-state index contributed by atoms with van der Waals surface area (Å²) in [5.74, 6) is 4.90. The van der Waals surface area contributed by atoms with Crippen LogP contribution in [0.25, 0.3) is 0 Å². The molecule has 0 radical (unpaired) electrons. The molecule has 0 fully saturated rings. The number of hydrogen-bond donors (Lipinski definition) is 1. The summed E-state index contributed by atoms with van der Waals surface area (Å²) >= 11 is 0. The Hall–Kier alpha value is -2.37. The quantitative estimate of drug-likeness (QED) is 0.414. The summed E-state index contributed by atoms with van der Waals surface area (Å²) in [6.45, 7) is -0.312. The number of aliphatic hydroxyl groups is 1. The average Bonchev–Trinajstić information content (AvgIpc) is 2.25. The molecule has 1 aromatic carbocycles. The standard InChI is InChI=1S/C10H6N2O3/c11-7-9-4-3-8(2-1-5-13)6-10(9)12(14)15/h3-4,6,13H,5H2. The van der Waals surface area contributed by atoms with Gasteiger partial charge in [-0.2, -0.15) is 5.26 Å². The smallest absolute Gasteiger partial charge is 0.288 e. The van der Waals surface area contributed by atoms with Crippen molar-refractivity contribution in [1.29, 1.82) is 5.26 Å². The summed E-state index contributed by atoms with van der Waals surface area (Å²) < 4.78 is 0. The van der Waals surface area contributed by atoms with Crippen LogP contribution in [0.4, 0.5) is 5.69 Å². The molecule has 5 heteroatoms. The van der Waals surface area contributed by atoms with Gasteiger partial charge in [0.1, 0.15) is 18.2 Å². The zero-order chi connectivity index (χ0) is 11.3. The summed E-state index contributed by atoms with van der Waals surface area (Å²) in [5, 5.41) is 27.6. The molecule has 0 spiro atoms. The Morgan fingerprint density at radius 1 is 1.53 bits per heavy atom. The molecule has 0 atom stereocenters. The van der Waals surface area contributed by atoms with Crippen LogP contribution in [0.2, 0.25) is 0 Å². The Labute approximate surface area is 85.7 Å². The van der Waals surface area contributed by atoms with Crippen LogP contribution in [-0.4, -0.2) is 16.6 Å². The number of nitrogens with zero attached hydrogens (tertiary/aromatic N) is 2. The van der Waals surface area contributed by atoms with Gasteiger partial charge in [0, 0.05) is 11.6 Å². The molecule has 0 bridgehead atoms. The summed E-state index contributed by atoms with van der Waals surface area (Å²) in [6, 6.07) is 5.76. The van der Waals surface area contributed by atoms with E-state index in [-0.39, 0.29) is 17.9 Å². The molecule has 1 aromatic rings. The molecule has 0 saturated heterocycles. The van der Waals surface area contributed by atoms with Crippen molar-refractivity contribution in [2.45, 2.75) is 0 Å². The third-order valence-electron chi connectivity index (χ3n) is 1.63. The Morgan fingerprint density at radius 3 is 2.80 bits per heavy atom. The van der Waals surface area contributed by atoms with Crippen molar-refractivity contribution >= 4 is 5.69 Å². The van der Waals surface area contributed by atoms with Crippen LogP contribution in [0.15, 0.2) is 18.2 Å². The second-order valence-electron chi connectivity index (χ2n) is 2.56. The summed E-state index contributed by atoms with van der Waals surface area (Å²) in [6.07, 6.45) is 0. The fourth-order valence-electron chi connectivity index (χ4n) is 0.997. The predicted molar refractivity (Wildman–Crippen MR) is 51.8 cm³/mol. The SMILES string of the molecule is N#Cc1ccc(C#CCO)cc1[N+](=O)[O-]. The van der Waals surface area contributed by atoms with Gasteiger partial charge in [-0.15, -0.1) is 0 Å². The molecule has 0 saturated carbocycles. The number of nitro benzene ring substituents is 1. The number of benzene rings is 1. The van der Waals surface area contributed by atoms with E-state index in [0.717, 1.165) is 0 Å². The third-order valence-corrected chi connectivity index (χ3v) is 1.63. The lowest BCUT2D eigenvalue weighted by Gasteiger charge is -1.94. The minimum absolute atomic E-state index is 0.00505. The van der Waals surface area contributed by atoms with Gasteiger partial charge in [0.2, 0.25) is 0 Å². The summed E-state index contributed by atoms with van der Waals surface area (Å²) in [5.41, 5.74) is 0.117. The largest absolute Gasteiger partial charge is 0.384 e. The van der Waals surface area contributed by atoms with Crippen LogP contribution in [0.5, 0.6) is 0 Å². The highest BCUT2D eigenvalue weighted by Gasteiger charge is 2.13. The second-order valence-corrected chi connectivity index (χ2v) is 2.56. The van der Waals surface area contributed by atoms with Gasteiger partial charge in [-0.3, -0.25) is 10.1 Å². The lowest BCUT2D eigenvalue weighted by Crippen LogP contribution is -1.93. The van der Waals surface area contributed by atoms with Crippen molar-refractivity contribution in [3.8, 4) is 17.9 Å². The van der Waals surface area contributed by atoms with Gasteiger partial charge >= 0.3 is 0 Å². The summed E-state index contributed by atoms with van der Waals surface area (Å²) in [7, 11) is 0. The monoisotopic (exact) mass is 202 g/mol. The molecular formula is C10H6N2O3. The van der Waals surface area contributed by atoms with E-state index in [0.29, 0.717) is 5.56 Å². The Morgan fingerprint density at radius 2 is 2.27 bits per heavy atom. The summed E-state index contributed by atoms with van der Waals surface area (Å²) in [4.78, 5) is 9.93. The number of nitro groups is 1. The molecule has 1 rings (SSSR count). The van der Waals surface area contributed by atoms with Crippen LogP contribution in [0, 0.1) is 33.3 Å². The minimum Gasteiger partial charge on any atom is -0.384 e. The van der Waals surface area contributed by atoms with Crippen LogP contribution >= 0.6 is 0 Å². The second kappa shape index (κ2) is 4.75. The number of aliphatic hydroxyl groups excluding tert-OH is 1. The van der Waals surface area contributed by atoms with Crippen LogP contribution in [0.3, 0.4) is 0 Å². The first kappa shape index (κ1) is 10.7. The van der Waals surface area contributed by atoms with Crippen LogP contribution < -0.4 is 0 Å². The topological polar surface area (TPSA) is 87.2 Å². The number of nitriles is 1.